The number of rotatable bonds is 10. The molecule has 0 spiro atoms. The summed E-state index contributed by atoms with van der Waals surface area (Å²) in [7, 11) is 0. The summed E-state index contributed by atoms with van der Waals surface area (Å²) in [6, 6.07) is 40.6. The number of fused-ring (bicyclic) bond motifs is 1. The van der Waals surface area contributed by atoms with Gasteiger partial charge in [-0.25, -0.2) is 0 Å². The lowest BCUT2D eigenvalue weighted by Gasteiger charge is -2.14. The highest BCUT2D eigenvalue weighted by molar-refractivity contribution is 5.84. The fraction of sp³-hybridized carbons (Fsp3) is 0.0833. The molecule has 41 heavy (non-hydrogen) atoms. The van der Waals surface area contributed by atoms with Crippen LogP contribution in [0.2, 0.25) is 0 Å². The Hall–Kier alpha value is -5.29. The molecule has 5 heteroatoms. The van der Waals surface area contributed by atoms with Crippen LogP contribution in [-0.4, -0.2) is 0 Å². The van der Waals surface area contributed by atoms with Gasteiger partial charge in [0.2, 0.25) is 5.43 Å². The van der Waals surface area contributed by atoms with Gasteiger partial charge in [-0.2, -0.15) is 0 Å². The van der Waals surface area contributed by atoms with Crippen LogP contribution >= 0.6 is 0 Å². The summed E-state index contributed by atoms with van der Waals surface area (Å²) in [4.78, 5) is 13.7. The molecular formula is C36H28O5. The molecule has 0 fully saturated rings. The maximum absolute atomic E-state index is 13.7. The second-order valence-electron chi connectivity index (χ2n) is 9.62. The van der Waals surface area contributed by atoms with Crippen molar-refractivity contribution in [3.8, 4) is 28.4 Å². The Morgan fingerprint density at radius 2 is 1.02 bits per heavy atom. The second-order valence-corrected chi connectivity index (χ2v) is 9.62. The first-order chi connectivity index (χ1) is 20.2. The first kappa shape index (κ1) is 26.0. The third kappa shape index (κ3) is 6.31. The van der Waals surface area contributed by atoms with Crippen molar-refractivity contribution in [2.45, 2.75) is 19.8 Å². The Bertz CT molecular complexity index is 1800. The highest BCUT2D eigenvalue weighted by Crippen LogP contribution is 2.34. The minimum atomic E-state index is -0.150. The summed E-state index contributed by atoms with van der Waals surface area (Å²) >= 11 is 0. The van der Waals surface area contributed by atoms with Crippen molar-refractivity contribution in [2.24, 2.45) is 0 Å². The number of benzene rings is 5. The van der Waals surface area contributed by atoms with E-state index in [1.165, 1.54) is 6.26 Å². The van der Waals surface area contributed by atoms with E-state index in [1.54, 1.807) is 18.2 Å². The van der Waals surface area contributed by atoms with Gasteiger partial charge < -0.3 is 18.6 Å². The zero-order valence-corrected chi connectivity index (χ0v) is 22.4. The van der Waals surface area contributed by atoms with Gasteiger partial charge in [-0.05, 0) is 41.0 Å². The van der Waals surface area contributed by atoms with Crippen LogP contribution in [0.15, 0.2) is 143 Å². The summed E-state index contributed by atoms with van der Waals surface area (Å²) in [5, 5.41) is 0.466. The van der Waals surface area contributed by atoms with Crippen molar-refractivity contribution in [3.63, 3.8) is 0 Å². The number of hydrogen-bond acceptors (Lipinski definition) is 5. The molecule has 6 aromatic rings. The molecule has 0 radical (unpaired) electrons. The monoisotopic (exact) mass is 540 g/mol. The largest absolute Gasteiger partial charge is 0.489 e. The van der Waals surface area contributed by atoms with Gasteiger partial charge in [0.05, 0.1) is 10.9 Å². The smallest absolute Gasteiger partial charge is 0.200 e. The topological polar surface area (TPSA) is 57.9 Å². The van der Waals surface area contributed by atoms with Gasteiger partial charge in [-0.3, -0.25) is 4.79 Å². The third-order valence-corrected chi connectivity index (χ3v) is 6.72. The van der Waals surface area contributed by atoms with E-state index in [2.05, 4.69) is 0 Å². The van der Waals surface area contributed by atoms with Crippen LogP contribution in [0, 0.1) is 0 Å². The van der Waals surface area contributed by atoms with Crippen molar-refractivity contribution in [2.75, 3.05) is 0 Å². The maximum Gasteiger partial charge on any atom is 0.200 e. The highest BCUT2D eigenvalue weighted by Gasteiger charge is 2.16. The Balaban J connectivity index is 1.29. The molecule has 0 bridgehead atoms. The van der Waals surface area contributed by atoms with Gasteiger partial charge in [-0.1, -0.05) is 91.0 Å². The molecule has 0 aliphatic rings. The highest BCUT2D eigenvalue weighted by atomic mass is 16.5. The van der Waals surface area contributed by atoms with Crippen LogP contribution in [0.25, 0.3) is 22.1 Å². The average molecular weight is 541 g/mol. The summed E-state index contributed by atoms with van der Waals surface area (Å²) in [5.41, 5.74) is 4.49. The molecule has 5 aromatic carbocycles. The van der Waals surface area contributed by atoms with E-state index in [0.29, 0.717) is 59.2 Å². The van der Waals surface area contributed by atoms with Crippen LogP contribution in [-0.2, 0) is 19.8 Å². The zero-order chi connectivity index (χ0) is 27.9. The van der Waals surface area contributed by atoms with Crippen LogP contribution < -0.4 is 19.6 Å². The van der Waals surface area contributed by atoms with Crippen molar-refractivity contribution in [1.82, 2.24) is 0 Å². The fourth-order valence-corrected chi connectivity index (χ4v) is 4.54. The van der Waals surface area contributed by atoms with Crippen LogP contribution in [0.3, 0.4) is 0 Å². The van der Waals surface area contributed by atoms with Gasteiger partial charge in [-0.15, -0.1) is 0 Å². The predicted molar refractivity (Wildman–Crippen MR) is 160 cm³/mol. The molecule has 6 rings (SSSR count). The molecule has 0 saturated heterocycles. The van der Waals surface area contributed by atoms with Crippen LogP contribution in [0.1, 0.15) is 16.7 Å². The lowest BCUT2D eigenvalue weighted by Crippen LogP contribution is -2.07. The Morgan fingerprint density at radius 1 is 0.512 bits per heavy atom. The lowest BCUT2D eigenvalue weighted by molar-refractivity contribution is 0.291. The Kier molecular flexibility index (Phi) is 7.77. The van der Waals surface area contributed by atoms with Crippen LogP contribution in [0.4, 0.5) is 0 Å². The second kappa shape index (κ2) is 12.3. The predicted octanol–water partition coefficient (Wildman–Crippen LogP) is 8.20. The summed E-state index contributed by atoms with van der Waals surface area (Å²) < 4.78 is 24.2. The van der Waals surface area contributed by atoms with E-state index >= 15 is 0 Å². The lowest BCUT2D eigenvalue weighted by atomic mass is 10.0. The summed E-state index contributed by atoms with van der Waals surface area (Å²) in [5.74, 6) is 1.81. The Morgan fingerprint density at radius 3 is 1.61 bits per heavy atom. The summed E-state index contributed by atoms with van der Waals surface area (Å²) in [6.45, 7) is 1.19. The molecule has 0 unspecified atom stereocenters. The van der Waals surface area contributed by atoms with E-state index in [9.17, 15) is 4.79 Å². The molecule has 202 valence electrons. The minimum absolute atomic E-state index is 0.150. The summed E-state index contributed by atoms with van der Waals surface area (Å²) in [6.07, 6.45) is 1.49. The van der Waals surface area contributed by atoms with E-state index in [4.69, 9.17) is 18.6 Å². The molecule has 0 amide bonds. The number of hydrogen-bond donors (Lipinski definition) is 0. The van der Waals surface area contributed by atoms with Gasteiger partial charge in [0.15, 0.2) is 0 Å². The normalized spacial score (nSPS) is 10.8. The zero-order valence-electron chi connectivity index (χ0n) is 22.4. The molecule has 1 heterocycles. The third-order valence-electron chi connectivity index (χ3n) is 6.72. The maximum atomic E-state index is 13.7. The quantitative estimate of drug-likeness (QED) is 0.175. The molecule has 0 aliphatic heterocycles. The van der Waals surface area contributed by atoms with Gasteiger partial charge in [0.25, 0.3) is 0 Å². The van der Waals surface area contributed by atoms with Crippen molar-refractivity contribution in [3.05, 3.63) is 161 Å². The van der Waals surface area contributed by atoms with E-state index < -0.39 is 0 Å². The molecule has 0 atom stereocenters. The standard InChI is InChI=1S/C36H28O5/c37-36-32-19-17-30(39-23-27-12-6-2-7-13-27)21-35(32)41-25-33(36)31-18-16-29(38-22-26-10-4-1-5-11-26)20-34(31)40-24-28-14-8-3-9-15-28/h1-21,25H,22-24H2. The van der Waals surface area contributed by atoms with Crippen LogP contribution in [0.5, 0.6) is 17.2 Å². The minimum Gasteiger partial charge on any atom is -0.489 e. The molecule has 0 saturated carbocycles. The average Bonchev–Trinajstić information content (AvgIpc) is 3.04. The van der Waals surface area contributed by atoms with Gasteiger partial charge in [0.1, 0.15) is 48.9 Å². The van der Waals surface area contributed by atoms with E-state index in [1.807, 2.05) is 109 Å². The SMILES string of the molecule is O=c1c(-c2ccc(OCc3ccccc3)cc2OCc2ccccc2)coc2cc(OCc3ccccc3)ccc12. The number of ether oxygens (including phenoxy) is 3. The first-order valence-corrected chi connectivity index (χ1v) is 13.4. The van der Waals surface area contributed by atoms with Gasteiger partial charge >= 0.3 is 0 Å². The fourth-order valence-electron chi connectivity index (χ4n) is 4.54. The van der Waals surface area contributed by atoms with Gasteiger partial charge in [0, 0.05) is 17.7 Å². The molecule has 0 N–H and O–H groups in total. The molecule has 5 nitrogen and oxygen atoms in total. The first-order valence-electron chi connectivity index (χ1n) is 13.4. The van der Waals surface area contributed by atoms with Crippen molar-refractivity contribution >= 4 is 11.0 Å². The van der Waals surface area contributed by atoms with Crippen molar-refractivity contribution in [1.29, 1.82) is 0 Å². The van der Waals surface area contributed by atoms with E-state index in [-0.39, 0.29) is 5.43 Å². The van der Waals surface area contributed by atoms with E-state index in [0.717, 1.165) is 16.7 Å². The molecule has 0 aliphatic carbocycles. The van der Waals surface area contributed by atoms with Crippen molar-refractivity contribution < 1.29 is 18.6 Å². The molecular weight excluding hydrogens is 512 g/mol. The Labute approximate surface area is 238 Å². The molecule has 1 aromatic heterocycles.